The van der Waals surface area contributed by atoms with Crippen molar-refractivity contribution >= 4 is 0 Å². The second kappa shape index (κ2) is 5.22. The van der Waals surface area contributed by atoms with Crippen LogP contribution in [-0.2, 0) is 0 Å². The Morgan fingerprint density at radius 3 is 2.21 bits per heavy atom. The van der Waals surface area contributed by atoms with Crippen LogP contribution >= 0.6 is 0 Å². The van der Waals surface area contributed by atoms with E-state index in [9.17, 15) is 0 Å². The van der Waals surface area contributed by atoms with Crippen LogP contribution in [0, 0.1) is 18.3 Å². The molecule has 80 valence electrons. The standard InChI is InChI=1S/C13H23N/c1-8-12(11(3)4)10-14(9-2)13(5,6)7/h1,12H,3,9-10H2,2,4-7H3. The van der Waals surface area contributed by atoms with Gasteiger partial charge in [-0.25, -0.2) is 0 Å². The molecule has 0 heterocycles. The Labute approximate surface area is 89.2 Å². The fraction of sp³-hybridized carbons (Fsp3) is 0.692. The summed E-state index contributed by atoms with van der Waals surface area (Å²) in [6, 6.07) is 0. The van der Waals surface area contributed by atoms with Crippen molar-refractivity contribution in [1.82, 2.24) is 4.90 Å². The molecule has 0 aliphatic carbocycles. The van der Waals surface area contributed by atoms with E-state index in [-0.39, 0.29) is 11.5 Å². The summed E-state index contributed by atoms with van der Waals surface area (Å²) >= 11 is 0. The van der Waals surface area contributed by atoms with Crippen molar-refractivity contribution in [3.05, 3.63) is 12.2 Å². The first-order valence-electron chi connectivity index (χ1n) is 5.19. The van der Waals surface area contributed by atoms with Gasteiger partial charge in [-0.2, -0.15) is 0 Å². The third kappa shape index (κ3) is 3.98. The lowest BCUT2D eigenvalue weighted by Gasteiger charge is -2.36. The van der Waals surface area contributed by atoms with Gasteiger partial charge in [0.05, 0.1) is 5.92 Å². The summed E-state index contributed by atoms with van der Waals surface area (Å²) in [5.41, 5.74) is 1.26. The Bertz CT molecular complexity index is 227. The van der Waals surface area contributed by atoms with E-state index < -0.39 is 0 Å². The molecular formula is C13H23N. The highest BCUT2D eigenvalue weighted by molar-refractivity contribution is 5.12. The average Bonchev–Trinajstić information content (AvgIpc) is 2.03. The van der Waals surface area contributed by atoms with Crippen molar-refractivity contribution in [2.24, 2.45) is 5.92 Å². The number of nitrogens with zero attached hydrogens (tertiary/aromatic N) is 1. The summed E-state index contributed by atoms with van der Waals surface area (Å²) in [5, 5.41) is 0. The lowest BCUT2D eigenvalue weighted by molar-refractivity contribution is 0.137. The average molecular weight is 193 g/mol. The molecule has 0 bridgehead atoms. The van der Waals surface area contributed by atoms with Crippen LogP contribution in [0.4, 0.5) is 0 Å². The molecule has 0 N–H and O–H groups in total. The lowest BCUT2D eigenvalue weighted by atomic mass is 9.98. The van der Waals surface area contributed by atoms with E-state index in [4.69, 9.17) is 6.42 Å². The minimum absolute atomic E-state index is 0.175. The first-order valence-corrected chi connectivity index (χ1v) is 5.19. The quantitative estimate of drug-likeness (QED) is 0.490. The Hall–Kier alpha value is -0.740. The van der Waals surface area contributed by atoms with Crippen LogP contribution in [0.15, 0.2) is 12.2 Å². The third-order valence-corrected chi connectivity index (χ3v) is 2.53. The van der Waals surface area contributed by atoms with E-state index in [1.54, 1.807) is 0 Å². The molecule has 0 aromatic carbocycles. The molecule has 0 aliphatic heterocycles. The predicted molar refractivity (Wildman–Crippen MR) is 64.1 cm³/mol. The second-order valence-electron chi connectivity index (χ2n) is 4.78. The van der Waals surface area contributed by atoms with E-state index >= 15 is 0 Å². The van der Waals surface area contributed by atoms with Crippen molar-refractivity contribution in [2.75, 3.05) is 13.1 Å². The van der Waals surface area contributed by atoms with Gasteiger partial charge in [0.25, 0.3) is 0 Å². The van der Waals surface area contributed by atoms with Gasteiger partial charge in [-0.05, 0) is 34.2 Å². The van der Waals surface area contributed by atoms with Crippen LogP contribution in [0.1, 0.15) is 34.6 Å². The van der Waals surface area contributed by atoms with Gasteiger partial charge in [0.2, 0.25) is 0 Å². The van der Waals surface area contributed by atoms with Gasteiger partial charge in [-0.3, -0.25) is 4.90 Å². The van der Waals surface area contributed by atoms with E-state index in [1.807, 2.05) is 6.92 Å². The monoisotopic (exact) mass is 193 g/mol. The van der Waals surface area contributed by atoms with Crippen LogP contribution < -0.4 is 0 Å². The van der Waals surface area contributed by atoms with Crippen LogP contribution in [0.2, 0.25) is 0 Å². The summed E-state index contributed by atoms with van der Waals surface area (Å²) in [6.07, 6.45) is 5.48. The molecule has 0 amide bonds. The van der Waals surface area contributed by atoms with Crippen molar-refractivity contribution in [3.63, 3.8) is 0 Å². The molecule has 0 fully saturated rings. The smallest absolute Gasteiger partial charge is 0.0531 e. The highest BCUT2D eigenvalue weighted by Gasteiger charge is 2.22. The molecule has 14 heavy (non-hydrogen) atoms. The molecule has 0 aromatic rings. The molecule has 1 heteroatoms. The van der Waals surface area contributed by atoms with Gasteiger partial charge in [-0.1, -0.05) is 25.0 Å². The maximum Gasteiger partial charge on any atom is 0.0531 e. The van der Waals surface area contributed by atoms with Gasteiger partial charge in [0.1, 0.15) is 0 Å². The Kier molecular flexibility index (Phi) is 4.94. The topological polar surface area (TPSA) is 3.24 Å². The Balaban J connectivity index is 4.47. The maximum atomic E-state index is 5.48. The molecular weight excluding hydrogens is 170 g/mol. The number of terminal acetylenes is 1. The van der Waals surface area contributed by atoms with Gasteiger partial charge in [0.15, 0.2) is 0 Å². The van der Waals surface area contributed by atoms with E-state index in [1.165, 1.54) is 0 Å². The summed E-state index contributed by atoms with van der Waals surface area (Å²) < 4.78 is 0. The molecule has 0 aliphatic rings. The van der Waals surface area contributed by atoms with Crippen molar-refractivity contribution in [2.45, 2.75) is 40.2 Å². The predicted octanol–water partition coefficient (Wildman–Crippen LogP) is 2.93. The largest absolute Gasteiger partial charge is 0.297 e. The lowest BCUT2D eigenvalue weighted by Crippen LogP contribution is -2.43. The minimum Gasteiger partial charge on any atom is -0.297 e. The molecule has 0 spiro atoms. The summed E-state index contributed by atoms with van der Waals surface area (Å²) in [4.78, 5) is 2.38. The van der Waals surface area contributed by atoms with E-state index in [0.29, 0.717) is 0 Å². The van der Waals surface area contributed by atoms with Crippen LogP contribution in [0.5, 0.6) is 0 Å². The molecule has 0 saturated heterocycles. The van der Waals surface area contributed by atoms with Gasteiger partial charge in [-0.15, -0.1) is 6.42 Å². The molecule has 1 nitrogen and oxygen atoms in total. The SMILES string of the molecule is C#CC(CN(CC)C(C)(C)C)C(=C)C. The highest BCUT2D eigenvalue weighted by Crippen LogP contribution is 2.17. The van der Waals surface area contributed by atoms with Crippen molar-refractivity contribution < 1.29 is 0 Å². The molecule has 0 radical (unpaired) electrons. The number of hydrogen-bond donors (Lipinski definition) is 0. The molecule has 1 unspecified atom stereocenters. The van der Waals surface area contributed by atoms with Crippen LogP contribution in [0.25, 0.3) is 0 Å². The summed E-state index contributed by atoms with van der Waals surface area (Å²) in [5.74, 6) is 2.97. The maximum absolute atomic E-state index is 5.48. The van der Waals surface area contributed by atoms with E-state index in [0.717, 1.165) is 18.7 Å². The van der Waals surface area contributed by atoms with Crippen molar-refractivity contribution in [3.8, 4) is 12.3 Å². The molecule has 0 aromatic heterocycles. The minimum atomic E-state index is 0.175. The Morgan fingerprint density at radius 2 is 2.00 bits per heavy atom. The molecule has 1 atom stereocenters. The highest BCUT2D eigenvalue weighted by atomic mass is 15.2. The third-order valence-electron chi connectivity index (χ3n) is 2.53. The number of hydrogen-bond acceptors (Lipinski definition) is 1. The molecule has 0 rings (SSSR count). The van der Waals surface area contributed by atoms with Gasteiger partial charge >= 0.3 is 0 Å². The normalized spacial score (nSPS) is 13.8. The molecule has 0 saturated carbocycles. The van der Waals surface area contributed by atoms with Gasteiger partial charge < -0.3 is 0 Å². The Morgan fingerprint density at radius 1 is 1.50 bits per heavy atom. The van der Waals surface area contributed by atoms with Gasteiger partial charge in [0, 0.05) is 12.1 Å². The zero-order valence-corrected chi connectivity index (χ0v) is 10.2. The first-order chi connectivity index (χ1) is 6.32. The zero-order chi connectivity index (χ0) is 11.4. The summed E-state index contributed by atoms with van der Waals surface area (Å²) in [6.45, 7) is 16.7. The summed E-state index contributed by atoms with van der Waals surface area (Å²) in [7, 11) is 0. The van der Waals surface area contributed by atoms with Crippen LogP contribution in [-0.4, -0.2) is 23.5 Å². The van der Waals surface area contributed by atoms with Crippen LogP contribution in [0.3, 0.4) is 0 Å². The zero-order valence-electron chi connectivity index (χ0n) is 10.2. The second-order valence-corrected chi connectivity index (χ2v) is 4.78. The number of rotatable bonds is 4. The fourth-order valence-corrected chi connectivity index (χ4v) is 1.45. The van der Waals surface area contributed by atoms with E-state index in [2.05, 4.69) is 45.1 Å². The first kappa shape index (κ1) is 13.3. The van der Waals surface area contributed by atoms with Crippen molar-refractivity contribution in [1.29, 1.82) is 0 Å². The fourth-order valence-electron chi connectivity index (χ4n) is 1.45.